The number of nitrogens with one attached hydrogen (secondary N) is 1. The van der Waals surface area contributed by atoms with Gasteiger partial charge < -0.3 is 15.3 Å². The van der Waals surface area contributed by atoms with E-state index in [1.807, 2.05) is 0 Å². The number of likely N-dealkylation sites (tertiary alicyclic amines) is 1. The van der Waals surface area contributed by atoms with Gasteiger partial charge >= 0.3 is 0 Å². The van der Waals surface area contributed by atoms with E-state index in [0.29, 0.717) is 12.1 Å². The minimum atomic E-state index is -0.197. The SMILES string of the molecule is O=C(NCCCN1CCCCC1)c1ccccc1O. The number of aromatic hydroxyl groups is 1. The molecule has 0 aliphatic carbocycles. The van der Waals surface area contributed by atoms with Crippen LogP contribution in [-0.2, 0) is 0 Å². The van der Waals surface area contributed by atoms with Crippen molar-refractivity contribution >= 4 is 5.91 Å². The molecule has 4 nitrogen and oxygen atoms in total. The van der Waals surface area contributed by atoms with Gasteiger partial charge in [0.2, 0.25) is 0 Å². The van der Waals surface area contributed by atoms with Crippen molar-refractivity contribution in [3.63, 3.8) is 0 Å². The van der Waals surface area contributed by atoms with Crippen LogP contribution in [0.25, 0.3) is 0 Å². The molecule has 1 heterocycles. The quantitative estimate of drug-likeness (QED) is 0.798. The van der Waals surface area contributed by atoms with E-state index in [1.165, 1.54) is 38.4 Å². The first-order valence-corrected chi connectivity index (χ1v) is 7.06. The van der Waals surface area contributed by atoms with Gasteiger partial charge in [-0.1, -0.05) is 18.6 Å². The van der Waals surface area contributed by atoms with Crippen LogP contribution in [-0.4, -0.2) is 42.1 Å². The molecule has 2 N–H and O–H groups in total. The average molecular weight is 262 g/mol. The van der Waals surface area contributed by atoms with Gasteiger partial charge in [0, 0.05) is 6.54 Å². The minimum Gasteiger partial charge on any atom is -0.507 e. The minimum absolute atomic E-state index is 0.0380. The van der Waals surface area contributed by atoms with Crippen molar-refractivity contribution < 1.29 is 9.90 Å². The molecule has 104 valence electrons. The fourth-order valence-electron chi connectivity index (χ4n) is 2.45. The molecule has 0 unspecified atom stereocenters. The lowest BCUT2D eigenvalue weighted by atomic mass is 10.1. The van der Waals surface area contributed by atoms with E-state index in [2.05, 4.69) is 10.2 Å². The highest BCUT2D eigenvalue weighted by Gasteiger charge is 2.11. The Morgan fingerprint density at radius 3 is 2.68 bits per heavy atom. The van der Waals surface area contributed by atoms with Gasteiger partial charge in [0.05, 0.1) is 5.56 Å². The highest BCUT2D eigenvalue weighted by atomic mass is 16.3. The van der Waals surface area contributed by atoms with Gasteiger partial charge in [0.15, 0.2) is 0 Å². The van der Waals surface area contributed by atoms with Crippen LogP contribution in [0.1, 0.15) is 36.0 Å². The molecule has 0 atom stereocenters. The number of carbonyl (C=O) groups is 1. The van der Waals surface area contributed by atoms with Crippen molar-refractivity contribution in [2.24, 2.45) is 0 Å². The molecule has 0 bridgehead atoms. The summed E-state index contributed by atoms with van der Waals surface area (Å²) in [5.41, 5.74) is 0.348. The molecule has 1 aromatic carbocycles. The van der Waals surface area contributed by atoms with Crippen molar-refractivity contribution in [3.8, 4) is 5.75 Å². The molecule has 1 saturated heterocycles. The molecule has 0 spiro atoms. The number of benzene rings is 1. The number of phenolic OH excluding ortho intramolecular Hbond substituents is 1. The molecule has 1 amide bonds. The van der Waals surface area contributed by atoms with Crippen LogP contribution in [0, 0.1) is 0 Å². The molecular weight excluding hydrogens is 240 g/mol. The first-order valence-electron chi connectivity index (χ1n) is 7.06. The van der Waals surface area contributed by atoms with Gasteiger partial charge in [0.1, 0.15) is 5.75 Å². The van der Waals surface area contributed by atoms with E-state index < -0.39 is 0 Å². The van der Waals surface area contributed by atoms with Crippen molar-refractivity contribution in [2.75, 3.05) is 26.2 Å². The Morgan fingerprint density at radius 2 is 1.95 bits per heavy atom. The Bertz CT molecular complexity index is 414. The van der Waals surface area contributed by atoms with Gasteiger partial charge in [-0.25, -0.2) is 0 Å². The second-order valence-electron chi connectivity index (χ2n) is 5.03. The number of piperidine rings is 1. The summed E-state index contributed by atoms with van der Waals surface area (Å²) in [5, 5.41) is 12.4. The number of hydrogen-bond donors (Lipinski definition) is 2. The molecule has 1 aromatic rings. The topological polar surface area (TPSA) is 52.6 Å². The first kappa shape index (κ1) is 13.9. The van der Waals surface area contributed by atoms with E-state index in [1.54, 1.807) is 18.2 Å². The number of phenols is 1. The lowest BCUT2D eigenvalue weighted by Gasteiger charge is -2.26. The summed E-state index contributed by atoms with van der Waals surface area (Å²) >= 11 is 0. The van der Waals surface area contributed by atoms with Crippen LogP contribution in [0.2, 0.25) is 0 Å². The number of rotatable bonds is 5. The Kier molecular flexibility index (Phi) is 5.21. The van der Waals surface area contributed by atoms with E-state index in [9.17, 15) is 9.90 Å². The maximum Gasteiger partial charge on any atom is 0.255 e. The largest absolute Gasteiger partial charge is 0.507 e. The van der Waals surface area contributed by atoms with Crippen molar-refractivity contribution in [1.29, 1.82) is 0 Å². The molecule has 1 fully saturated rings. The van der Waals surface area contributed by atoms with Gasteiger partial charge in [-0.15, -0.1) is 0 Å². The molecular formula is C15H22N2O2. The summed E-state index contributed by atoms with van der Waals surface area (Å²) in [6.45, 7) is 4.07. The summed E-state index contributed by atoms with van der Waals surface area (Å²) in [7, 11) is 0. The van der Waals surface area contributed by atoms with Gasteiger partial charge in [0.25, 0.3) is 5.91 Å². The molecule has 2 rings (SSSR count). The van der Waals surface area contributed by atoms with Crippen LogP contribution in [0.4, 0.5) is 0 Å². The molecule has 19 heavy (non-hydrogen) atoms. The second kappa shape index (κ2) is 7.14. The van der Waals surface area contributed by atoms with E-state index in [4.69, 9.17) is 0 Å². The lowest BCUT2D eigenvalue weighted by Crippen LogP contribution is -2.33. The zero-order valence-electron chi connectivity index (χ0n) is 11.3. The van der Waals surface area contributed by atoms with Crippen LogP contribution in [0.3, 0.4) is 0 Å². The molecule has 1 aliphatic heterocycles. The van der Waals surface area contributed by atoms with Gasteiger partial charge in [-0.3, -0.25) is 4.79 Å². The Labute approximate surface area is 114 Å². The normalized spacial score (nSPS) is 16.2. The monoisotopic (exact) mass is 262 g/mol. The highest BCUT2D eigenvalue weighted by molar-refractivity contribution is 5.96. The third-order valence-electron chi connectivity index (χ3n) is 3.53. The maximum atomic E-state index is 11.8. The number of amides is 1. The van der Waals surface area contributed by atoms with Gasteiger partial charge in [-0.2, -0.15) is 0 Å². The molecule has 0 radical (unpaired) electrons. The summed E-state index contributed by atoms with van der Waals surface area (Å²) in [4.78, 5) is 14.3. The van der Waals surface area contributed by atoms with E-state index >= 15 is 0 Å². The van der Waals surface area contributed by atoms with Crippen molar-refractivity contribution in [1.82, 2.24) is 10.2 Å². The van der Waals surface area contributed by atoms with E-state index in [-0.39, 0.29) is 11.7 Å². The summed E-state index contributed by atoms with van der Waals surface area (Å²) in [5.74, 6) is -0.159. The van der Waals surface area contributed by atoms with Gasteiger partial charge in [-0.05, 0) is 51.0 Å². The zero-order chi connectivity index (χ0) is 13.5. The fraction of sp³-hybridized carbons (Fsp3) is 0.533. The zero-order valence-corrected chi connectivity index (χ0v) is 11.3. The molecule has 0 saturated carbocycles. The Hall–Kier alpha value is -1.55. The molecule has 1 aliphatic rings. The number of hydrogen-bond acceptors (Lipinski definition) is 3. The molecule has 0 aromatic heterocycles. The van der Waals surface area contributed by atoms with Crippen LogP contribution < -0.4 is 5.32 Å². The van der Waals surface area contributed by atoms with Crippen molar-refractivity contribution in [2.45, 2.75) is 25.7 Å². The summed E-state index contributed by atoms with van der Waals surface area (Å²) in [6.07, 6.45) is 4.90. The molecule has 4 heteroatoms. The first-order chi connectivity index (χ1) is 9.27. The highest BCUT2D eigenvalue weighted by Crippen LogP contribution is 2.15. The lowest BCUT2D eigenvalue weighted by molar-refractivity contribution is 0.0948. The van der Waals surface area contributed by atoms with Crippen LogP contribution in [0.15, 0.2) is 24.3 Å². The predicted octanol–water partition coefficient (Wildman–Crippen LogP) is 2.00. The van der Waals surface area contributed by atoms with Crippen LogP contribution in [0.5, 0.6) is 5.75 Å². The standard InChI is InChI=1S/C15H22N2O2/c18-14-8-3-2-7-13(14)15(19)16-9-6-12-17-10-4-1-5-11-17/h2-3,7-8,18H,1,4-6,9-12H2,(H,16,19). The Morgan fingerprint density at radius 1 is 1.21 bits per heavy atom. The number of para-hydroxylation sites is 1. The second-order valence-corrected chi connectivity index (χ2v) is 5.03. The smallest absolute Gasteiger partial charge is 0.255 e. The predicted molar refractivity (Wildman–Crippen MR) is 75.3 cm³/mol. The third kappa shape index (κ3) is 4.24. The van der Waals surface area contributed by atoms with Crippen LogP contribution >= 0.6 is 0 Å². The summed E-state index contributed by atoms with van der Waals surface area (Å²) in [6, 6.07) is 6.63. The van der Waals surface area contributed by atoms with Crippen molar-refractivity contribution in [3.05, 3.63) is 29.8 Å². The Balaban J connectivity index is 1.68. The van der Waals surface area contributed by atoms with E-state index in [0.717, 1.165) is 13.0 Å². The fourth-order valence-corrected chi connectivity index (χ4v) is 2.45. The summed E-state index contributed by atoms with van der Waals surface area (Å²) < 4.78 is 0. The maximum absolute atomic E-state index is 11.8. The number of carbonyl (C=O) groups excluding carboxylic acids is 1. The third-order valence-corrected chi connectivity index (χ3v) is 3.53. The average Bonchev–Trinajstić information content (AvgIpc) is 2.45. The number of nitrogens with zero attached hydrogens (tertiary/aromatic N) is 1.